The Morgan fingerprint density at radius 3 is 2.88 bits per heavy atom. The molecule has 0 atom stereocenters. The maximum absolute atomic E-state index is 11.7. The Kier molecular flexibility index (Phi) is 4.08. The number of hydrogen-bond acceptors (Lipinski definition) is 1. The molecule has 0 unspecified atom stereocenters. The van der Waals surface area contributed by atoms with E-state index in [0.29, 0.717) is 10.6 Å². The molecule has 1 aromatic rings. The van der Waals surface area contributed by atoms with Crippen LogP contribution >= 0.6 is 34.2 Å². The number of amides is 1. The molecule has 0 radical (unpaired) electrons. The van der Waals surface area contributed by atoms with Gasteiger partial charge in [-0.25, -0.2) is 0 Å². The maximum atomic E-state index is 11.7. The zero-order chi connectivity index (χ0) is 11.5. The predicted octanol–water partition coefficient (Wildman–Crippen LogP) is 3.47. The van der Waals surface area contributed by atoms with E-state index < -0.39 is 0 Å². The van der Waals surface area contributed by atoms with Gasteiger partial charge in [0.2, 0.25) is 0 Å². The second kappa shape index (κ2) is 5.36. The lowest BCUT2D eigenvalue weighted by atomic mass is 10.2. The highest BCUT2D eigenvalue weighted by atomic mass is 127. The van der Waals surface area contributed by atoms with E-state index in [-0.39, 0.29) is 5.91 Å². The van der Waals surface area contributed by atoms with Gasteiger partial charge in [-0.05, 0) is 53.1 Å². The van der Waals surface area contributed by atoms with Crippen LogP contribution in [0.5, 0.6) is 0 Å². The standard InChI is InChI=1S/C12H13ClINO/c13-10-7-9(3-4-11(10)14)12(16)15-6-5-8-1-2-8/h3-4,7-8H,1-2,5-6H2,(H,15,16). The number of nitrogens with one attached hydrogen (secondary N) is 1. The molecule has 1 N–H and O–H groups in total. The molecule has 1 aliphatic rings. The largest absolute Gasteiger partial charge is 0.352 e. The van der Waals surface area contributed by atoms with Crippen LogP contribution in [0.1, 0.15) is 29.6 Å². The summed E-state index contributed by atoms with van der Waals surface area (Å²) in [5.74, 6) is 0.819. The van der Waals surface area contributed by atoms with Crippen molar-refractivity contribution >= 4 is 40.1 Å². The Morgan fingerprint density at radius 1 is 1.50 bits per heavy atom. The van der Waals surface area contributed by atoms with Crippen LogP contribution in [0, 0.1) is 9.49 Å². The first kappa shape index (κ1) is 12.2. The third kappa shape index (κ3) is 3.35. The third-order valence-electron chi connectivity index (χ3n) is 2.72. The molecule has 1 aromatic carbocycles. The number of carbonyl (C=O) groups is 1. The van der Waals surface area contributed by atoms with Crippen molar-refractivity contribution in [2.24, 2.45) is 5.92 Å². The number of halogens is 2. The molecule has 16 heavy (non-hydrogen) atoms. The lowest BCUT2D eigenvalue weighted by molar-refractivity contribution is 0.0952. The zero-order valence-corrected chi connectivity index (χ0v) is 11.7. The molecule has 0 spiro atoms. The number of rotatable bonds is 4. The van der Waals surface area contributed by atoms with Gasteiger partial charge in [0.15, 0.2) is 0 Å². The molecule has 4 heteroatoms. The molecule has 0 heterocycles. The summed E-state index contributed by atoms with van der Waals surface area (Å²) in [7, 11) is 0. The second-order valence-corrected chi connectivity index (χ2v) is 5.69. The molecule has 1 saturated carbocycles. The van der Waals surface area contributed by atoms with Crippen LogP contribution in [0.2, 0.25) is 5.02 Å². The summed E-state index contributed by atoms with van der Waals surface area (Å²) in [5, 5.41) is 3.55. The normalized spacial score (nSPS) is 14.9. The highest BCUT2D eigenvalue weighted by molar-refractivity contribution is 14.1. The molecular formula is C12H13ClINO. The zero-order valence-electron chi connectivity index (χ0n) is 8.80. The van der Waals surface area contributed by atoms with E-state index in [9.17, 15) is 4.79 Å². The van der Waals surface area contributed by atoms with Crippen LogP contribution in [0.25, 0.3) is 0 Å². The number of hydrogen-bond donors (Lipinski definition) is 1. The van der Waals surface area contributed by atoms with Gasteiger partial charge in [0.1, 0.15) is 0 Å². The lowest BCUT2D eigenvalue weighted by Crippen LogP contribution is -2.24. The summed E-state index contributed by atoms with van der Waals surface area (Å²) in [6, 6.07) is 5.38. The summed E-state index contributed by atoms with van der Waals surface area (Å²) in [6.45, 7) is 0.771. The van der Waals surface area contributed by atoms with Crippen molar-refractivity contribution in [2.45, 2.75) is 19.3 Å². The predicted molar refractivity (Wildman–Crippen MR) is 73.8 cm³/mol. The number of carbonyl (C=O) groups excluding carboxylic acids is 1. The van der Waals surface area contributed by atoms with Crippen LogP contribution in [0.15, 0.2) is 18.2 Å². The molecule has 0 bridgehead atoms. The monoisotopic (exact) mass is 349 g/mol. The van der Waals surface area contributed by atoms with Gasteiger partial charge in [0.25, 0.3) is 5.91 Å². The minimum atomic E-state index is -0.0287. The van der Waals surface area contributed by atoms with Gasteiger partial charge in [0, 0.05) is 15.7 Å². The van der Waals surface area contributed by atoms with Gasteiger partial charge < -0.3 is 5.32 Å². The summed E-state index contributed by atoms with van der Waals surface area (Å²) in [5.41, 5.74) is 0.640. The van der Waals surface area contributed by atoms with Crippen LogP contribution in [0.3, 0.4) is 0 Å². The van der Waals surface area contributed by atoms with Crippen molar-refractivity contribution in [1.82, 2.24) is 5.32 Å². The van der Waals surface area contributed by atoms with E-state index in [2.05, 4.69) is 27.9 Å². The fourth-order valence-electron chi connectivity index (χ4n) is 1.54. The lowest BCUT2D eigenvalue weighted by Gasteiger charge is -2.05. The molecule has 0 saturated heterocycles. The minimum Gasteiger partial charge on any atom is -0.352 e. The van der Waals surface area contributed by atoms with Gasteiger partial charge in [-0.15, -0.1) is 0 Å². The molecule has 86 valence electrons. The average Bonchev–Trinajstić information content (AvgIpc) is 3.06. The van der Waals surface area contributed by atoms with Gasteiger partial charge in [-0.2, -0.15) is 0 Å². The Morgan fingerprint density at radius 2 is 2.25 bits per heavy atom. The van der Waals surface area contributed by atoms with Gasteiger partial charge in [-0.1, -0.05) is 24.4 Å². The van der Waals surface area contributed by atoms with Crippen LogP contribution in [0.4, 0.5) is 0 Å². The SMILES string of the molecule is O=C(NCCC1CC1)c1ccc(I)c(Cl)c1. The van der Waals surface area contributed by atoms with Crippen molar-refractivity contribution < 1.29 is 4.79 Å². The van der Waals surface area contributed by atoms with Gasteiger partial charge in [0.05, 0.1) is 5.02 Å². The van der Waals surface area contributed by atoms with Crippen molar-refractivity contribution in [1.29, 1.82) is 0 Å². The fourth-order valence-corrected chi connectivity index (χ4v) is 2.05. The molecule has 0 aliphatic heterocycles. The molecular weight excluding hydrogens is 336 g/mol. The summed E-state index contributed by atoms with van der Waals surface area (Å²) in [6.07, 6.45) is 3.75. The van der Waals surface area contributed by atoms with E-state index in [1.54, 1.807) is 12.1 Å². The summed E-state index contributed by atoms with van der Waals surface area (Å²) >= 11 is 8.11. The van der Waals surface area contributed by atoms with Gasteiger partial charge in [-0.3, -0.25) is 4.79 Å². The quantitative estimate of drug-likeness (QED) is 0.829. The molecule has 2 nitrogen and oxygen atoms in total. The first-order chi connectivity index (χ1) is 7.66. The molecule has 1 fully saturated rings. The van der Waals surface area contributed by atoms with Crippen molar-refractivity contribution in [3.63, 3.8) is 0 Å². The molecule has 2 rings (SSSR count). The van der Waals surface area contributed by atoms with E-state index in [1.807, 2.05) is 6.07 Å². The topological polar surface area (TPSA) is 29.1 Å². The van der Waals surface area contributed by atoms with Crippen molar-refractivity contribution in [3.8, 4) is 0 Å². The van der Waals surface area contributed by atoms with Crippen molar-refractivity contribution in [3.05, 3.63) is 32.4 Å². The summed E-state index contributed by atoms with van der Waals surface area (Å²) < 4.78 is 0.966. The van der Waals surface area contributed by atoms with E-state index in [1.165, 1.54) is 12.8 Å². The van der Waals surface area contributed by atoms with Crippen LogP contribution in [-0.4, -0.2) is 12.5 Å². The molecule has 0 aromatic heterocycles. The van der Waals surface area contributed by atoms with E-state index in [4.69, 9.17) is 11.6 Å². The fraction of sp³-hybridized carbons (Fsp3) is 0.417. The van der Waals surface area contributed by atoms with E-state index in [0.717, 1.165) is 22.5 Å². The second-order valence-electron chi connectivity index (χ2n) is 4.12. The smallest absolute Gasteiger partial charge is 0.251 e. The first-order valence-corrected chi connectivity index (χ1v) is 6.86. The molecule has 1 amide bonds. The third-order valence-corrected chi connectivity index (χ3v) is 4.29. The maximum Gasteiger partial charge on any atom is 0.251 e. The Balaban J connectivity index is 1.88. The summed E-state index contributed by atoms with van der Waals surface area (Å²) in [4.78, 5) is 11.7. The van der Waals surface area contributed by atoms with Crippen LogP contribution < -0.4 is 5.32 Å². The van der Waals surface area contributed by atoms with Crippen LogP contribution in [-0.2, 0) is 0 Å². The van der Waals surface area contributed by atoms with Crippen molar-refractivity contribution in [2.75, 3.05) is 6.54 Å². The Labute approximate surface area is 114 Å². The Bertz CT molecular complexity index is 404. The first-order valence-electron chi connectivity index (χ1n) is 5.40. The van der Waals surface area contributed by atoms with E-state index >= 15 is 0 Å². The Hall–Kier alpha value is -0.290. The highest BCUT2D eigenvalue weighted by Crippen LogP contribution is 2.31. The minimum absolute atomic E-state index is 0.0287. The molecule has 1 aliphatic carbocycles. The number of benzene rings is 1. The van der Waals surface area contributed by atoms with Gasteiger partial charge >= 0.3 is 0 Å². The highest BCUT2D eigenvalue weighted by Gasteiger charge is 2.20. The average molecular weight is 350 g/mol.